The van der Waals surface area contributed by atoms with Gasteiger partial charge in [0, 0.05) is 48.3 Å². The Morgan fingerprint density at radius 3 is 2.10 bits per heavy atom. The highest BCUT2D eigenvalue weighted by atomic mass is 16.4. The molecule has 5 heteroatoms. The van der Waals surface area contributed by atoms with Gasteiger partial charge in [-0.1, -0.05) is 66.7 Å². The number of anilines is 1. The molecule has 1 aliphatic rings. The molecule has 0 radical (unpaired) electrons. The molecule has 0 bridgehead atoms. The third-order valence-electron chi connectivity index (χ3n) is 6.12. The molecule has 1 saturated heterocycles. The molecule has 0 unspecified atom stereocenters. The first-order chi connectivity index (χ1) is 15.2. The highest BCUT2D eigenvalue weighted by molar-refractivity contribution is 5.95. The number of hydrogen-bond donors (Lipinski definition) is 2. The van der Waals surface area contributed by atoms with Gasteiger partial charge in [-0.15, -0.1) is 0 Å². The monoisotopic (exact) mass is 411 g/mol. The molecule has 5 rings (SSSR count). The minimum atomic E-state index is -0.810. The summed E-state index contributed by atoms with van der Waals surface area (Å²) < 4.78 is 0. The molecule has 2 N–H and O–H groups in total. The van der Waals surface area contributed by atoms with Crippen molar-refractivity contribution in [3.8, 4) is 11.3 Å². The van der Waals surface area contributed by atoms with E-state index in [1.54, 1.807) is 0 Å². The molecule has 0 amide bonds. The number of carbonyl (C=O) groups is 1. The maximum Gasteiger partial charge on any atom is 0.325 e. The summed E-state index contributed by atoms with van der Waals surface area (Å²) in [6.45, 7) is 2.99. The SMILES string of the molecule is O=C(O)[C@H](c1c(-c2ccccc2)[nH]c2ccccc12)N1CCN(c2ccccc2)CC1. The number of nitrogens with zero attached hydrogens (tertiary/aromatic N) is 2. The number of aromatic nitrogens is 1. The molecular weight excluding hydrogens is 386 g/mol. The smallest absolute Gasteiger partial charge is 0.325 e. The number of aromatic amines is 1. The molecule has 4 aromatic rings. The van der Waals surface area contributed by atoms with Gasteiger partial charge >= 0.3 is 5.97 Å². The Balaban J connectivity index is 1.52. The predicted octanol–water partition coefficient (Wildman–Crippen LogP) is 4.78. The third-order valence-corrected chi connectivity index (χ3v) is 6.12. The summed E-state index contributed by atoms with van der Waals surface area (Å²) in [5.41, 5.74) is 4.89. The molecule has 1 aromatic heterocycles. The summed E-state index contributed by atoms with van der Waals surface area (Å²) >= 11 is 0. The van der Waals surface area contributed by atoms with E-state index in [2.05, 4.69) is 26.9 Å². The van der Waals surface area contributed by atoms with E-state index in [1.165, 1.54) is 5.69 Å². The first-order valence-electron chi connectivity index (χ1n) is 10.7. The van der Waals surface area contributed by atoms with Crippen molar-refractivity contribution in [2.24, 2.45) is 0 Å². The predicted molar refractivity (Wildman–Crippen MR) is 124 cm³/mol. The molecule has 0 aliphatic carbocycles. The van der Waals surface area contributed by atoms with Gasteiger partial charge in [-0.25, -0.2) is 0 Å². The van der Waals surface area contributed by atoms with E-state index in [-0.39, 0.29) is 0 Å². The normalized spacial score (nSPS) is 15.8. The van der Waals surface area contributed by atoms with Gasteiger partial charge in [-0.05, 0) is 23.8 Å². The quantitative estimate of drug-likeness (QED) is 0.496. The van der Waals surface area contributed by atoms with E-state index in [0.29, 0.717) is 13.1 Å². The van der Waals surface area contributed by atoms with Crippen LogP contribution in [0.5, 0.6) is 0 Å². The Morgan fingerprint density at radius 2 is 1.42 bits per heavy atom. The van der Waals surface area contributed by atoms with Crippen molar-refractivity contribution in [2.45, 2.75) is 6.04 Å². The van der Waals surface area contributed by atoms with Crippen LogP contribution >= 0.6 is 0 Å². The van der Waals surface area contributed by atoms with Crippen molar-refractivity contribution < 1.29 is 9.90 Å². The van der Waals surface area contributed by atoms with Crippen LogP contribution in [0.25, 0.3) is 22.2 Å². The van der Waals surface area contributed by atoms with Crippen LogP contribution < -0.4 is 4.90 Å². The summed E-state index contributed by atoms with van der Waals surface area (Å²) in [6.07, 6.45) is 0. The van der Waals surface area contributed by atoms with Crippen LogP contribution in [-0.2, 0) is 4.79 Å². The second-order valence-electron chi connectivity index (χ2n) is 7.92. The maximum absolute atomic E-state index is 12.6. The van der Waals surface area contributed by atoms with Crippen molar-refractivity contribution in [3.05, 3.63) is 90.5 Å². The number of hydrogen-bond acceptors (Lipinski definition) is 3. The number of benzene rings is 3. The lowest BCUT2D eigenvalue weighted by molar-refractivity contribution is -0.143. The van der Waals surface area contributed by atoms with E-state index < -0.39 is 12.0 Å². The Morgan fingerprint density at radius 1 is 0.806 bits per heavy atom. The molecule has 1 aliphatic heterocycles. The average molecular weight is 412 g/mol. The Labute approximate surface area is 181 Å². The Hall–Kier alpha value is -3.57. The van der Waals surface area contributed by atoms with Gasteiger partial charge in [0.1, 0.15) is 6.04 Å². The Kier molecular flexibility index (Phi) is 5.18. The first kappa shape index (κ1) is 19.4. The van der Waals surface area contributed by atoms with Crippen molar-refractivity contribution >= 4 is 22.6 Å². The zero-order chi connectivity index (χ0) is 21.2. The summed E-state index contributed by atoms with van der Waals surface area (Å²) in [5, 5.41) is 11.3. The van der Waals surface area contributed by atoms with Crippen LogP contribution in [0.1, 0.15) is 11.6 Å². The van der Waals surface area contributed by atoms with Crippen LogP contribution in [0.2, 0.25) is 0 Å². The van der Waals surface area contributed by atoms with Crippen molar-refractivity contribution in [3.63, 3.8) is 0 Å². The van der Waals surface area contributed by atoms with E-state index >= 15 is 0 Å². The van der Waals surface area contributed by atoms with Gasteiger partial charge in [0.2, 0.25) is 0 Å². The van der Waals surface area contributed by atoms with Gasteiger partial charge < -0.3 is 15.0 Å². The molecular formula is C26H25N3O2. The zero-order valence-electron chi connectivity index (χ0n) is 17.2. The summed E-state index contributed by atoms with van der Waals surface area (Å²) in [7, 11) is 0. The second kappa shape index (κ2) is 8.28. The lowest BCUT2D eigenvalue weighted by Gasteiger charge is -2.39. The summed E-state index contributed by atoms with van der Waals surface area (Å²) in [4.78, 5) is 20.5. The lowest BCUT2D eigenvalue weighted by Crippen LogP contribution is -2.49. The van der Waals surface area contributed by atoms with Crippen LogP contribution in [0.4, 0.5) is 5.69 Å². The molecule has 1 atom stereocenters. The molecule has 31 heavy (non-hydrogen) atoms. The van der Waals surface area contributed by atoms with Crippen LogP contribution in [0.3, 0.4) is 0 Å². The number of carboxylic acids is 1. The van der Waals surface area contributed by atoms with Gasteiger partial charge in [0.05, 0.1) is 5.69 Å². The number of para-hydroxylation sites is 2. The largest absolute Gasteiger partial charge is 0.480 e. The zero-order valence-corrected chi connectivity index (χ0v) is 17.2. The van der Waals surface area contributed by atoms with Crippen LogP contribution in [-0.4, -0.2) is 47.1 Å². The van der Waals surface area contributed by atoms with Gasteiger partial charge in [0.25, 0.3) is 0 Å². The Bertz CT molecular complexity index is 1180. The highest BCUT2D eigenvalue weighted by Gasteiger charge is 2.34. The third kappa shape index (κ3) is 3.68. The van der Waals surface area contributed by atoms with Gasteiger partial charge in [-0.3, -0.25) is 9.69 Å². The minimum Gasteiger partial charge on any atom is -0.480 e. The fourth-order valence-corrected chi connectivity index (χ4v) is 4.62. The van der Waals surface area contributed by atoms with Gasteiger partial charge in [0.15, 0.2) is 0 Å². The molecule has 1 fully saturated rings. The van der Waals surface area contributed by atoms with Gasteiger partial charge in [-0.2, -0.15) is 0 Å². The first-order valence-corrected chi connectivity index (χ1v) is 10.7. The van der Waals surface area contributed by atoms with E-state index in [1.807, 2.05) is 72.8 Å². The second-order valence-corrected chi connectivity index (χ2v) is 7.92. The highest BCUT2D eigenvalue weighted by Crippen LogP contribution is 2.38. The number of rotatable bonds is 5. The number of piperazine rings is 1. The fourth-order valence-electron chi connectivity index (χ4n) is 4.62. The minimum absolute atomic E-state index is 0.694. The van der Waals surface area contributed by atoms with Crippen LogP contribution in [0, 0.1) is 0 Å². The molecule has 0 saturated carbocycles. The van der Waals surface area contributed by atoms with E-state index in [0.717, 1.165) is 40.8 Å². The topological polar surface area (TPSA) is 59.6 Å². The van der Waals surface area contributed by atoms with Crippen molar-refractivity contribution in [1.29, 1.82) is 0 Å². The van der Waals surface area contributed by atoms with Crippen molar-refractivity contribution in [2.75, 3.05) is 31.1 Å². The number of carboxylic acid groups (broad SMARTS) is 1. The molecule has 5 nitrogen and oxygen atoms in total. The molecule has 3 aromatic carbocycles. The maximum atomic E-state index is 12.6. The van der Waals surface area contributed by atoms with Crippen LogP contribution in [0.15, 0.2) is 84.9 Å². The number of nitrogens with one attached hydrogen (secondary N) is 1. The lowest BCUT2D eigenvalue weighted by atomic mass is 9.97. The van der Waals surface area contributed by atoms with E-state index in [9.17, 15) is 9.90 Å². The number of fused-ring (bicyclic) bond motifs is 1. The standard InChI is InChI=1S/C26H25N3O2/c30-26(31)25(29-17-15-28(16-18-29)20-11-5-2-6-12-20)23-21-13-7-8-14-22(21)27-24(23)19-9-3-1-4-10-19/h1-14,25,27H,15-18H2,(H,30,31)/t25-/m0/s1. The average Bonchev–Trinajstić information content (AvgIpc) is 3.20. The fraction of sp³-hybridized carbons (Fsp3) is 0.192. The molecule has 156 valence electrons. The summed E-state index contributed by atoms with van der Waals surface area (Å²) in [5.74, 6) is -0.810. The van der Waals surface area contributed by atoms with Crippen molar-refractivity contribution in [1.82, 2.24) is 9.88 Å². The number of H-pyrrole nitrogens is 1. The molecule has 2 heterocycles. The molecule has 0 spiro atoms. The van der Waals surface area contributed by atoms with E-state index in [4.69, 9.17) is 0 Å². The summed E-state index contributed by atoms with van der Waals surface area (Å²) in [6, 6.07) is 27.6. The number of aliphatic carboxylic acids is 1.